The lowest BCUT2D eigenvalue weighted by molar-refractivity contribution is -0.126. The molecule has 2 fully saturated rings. The molecule has 0 bridgehead atoms. The molecule has 0 aliphatic carbocycles. The minimum absolute atomic E-state index is 0.0312. The van der Waals surface area contributed by atoms with Crippen LogP contribution in [0.15, 0.2) is 73.1 Å². The lowest BCUT2D eigenvalue weighted by Gasteiger charge is -2.37. The lowest BCUT2D eigenvalue weighted by atomic mass is 9.95. The molecule has 2 amide bonds. The van der Waals surface area contributed by atoms with Crippen LogP contribution in [-0.4, -0.2) is 80.9 Å². The summed E-state index contributed by atoms with van der Waals surface area (Å²) in [4.78, 5) is 55.0. The van der Waals surface area contributed by atoms with Gasteiger partial charge in [-0.25, -0.2) is 9.78 Å². The molecule has 2 aliphatic heterocycles. The number of aromatic nitrogens is 3. The molecular formula is C43H44Cl2N6O5. The van der Waals surface area contributed by atoms with Crippen LogP contribution in [-0.2, 0) is 27.4 Å². The van der Waals surface area contributed by atoms with Gasteiger partial charge >= 0.3 is 6.09 Å². The molecule has 2 aromatic carbocycles. The standard InChI is InChI=1S/C43H44Cl2N6O5/c1-25(52)29-21-50(22-29)20-26-16-28-19-47-37(17-36(28)46-18-26)34-11-7-9-32(40(34)45)31-8-6-10-33(39(31)44)35-14-12-27(41(49-35)55-5)23-51(42(54)56-43(2,3)4)24-30-13-15-38(53)48-30/h6-12,14,16-19,29-30H,13,15,20-24H2,1-5H3,(H,48,53)/t30-/m0/s1. The number of carbonyl (C=O) groups excluding carboxylic acids is 3. The van der Waals surface area contributed by atoms with Crippen LogP contribution in [0.4, 0.5) is 4.79 Å². The number of methoxy groups -OCH3 is 1. The van der Waals surface area contributed by atoms with E-state index in [9.17, 15) is 14.4 Å². The van der Waals surface area contributed by atoms with Crippen molar-refractivity contribution in [3.63, 3.8) is 0 Å². The van der Waals surface area contributed by atoms with Crippen molar-refractivity contribution in [1.82, 2.24) is 30.1 Å². The number of nitrogens with one attached hydrogen (secondary N) is 1. The van der Waals surface area contributed by atoms with E-state index in [4.69, 9.17) is 47.6 Å². The molecule has 5 heterocycles. The van der Waals surface area contributed by atoms with Gasteiger partial charge in [-0.3, -0.25) is 24.5 Å². The number of pyridine rings is 3. The third-order valence-electron chi connectivity index (χ3n) is 10.1. The number of rotatable bonds is 11. The van der Waals surface area contributed by atoms with E-state index in [0.717, 1.165) is 52.8 Å². The van der Waals surface area contributed by atoms with Crippen LogP contribution in [0, 0.1) is 5.92 Å². The highest BCUT2D eigenvalue weighted by Crippen LogP contribution is 2.42. The van der Waals surface area contributed by atoms with Crippen molar-refractivity contribution in [1.29, 1.82) is 0 Å². The number of nitrogens with zero attached hydrogens (tertiary/aromatic N) is 5. The number of amides is 2. The zero-order valence-electron chi connectivity index (χ0n) is 32.1. The minimum Gasteiger partial charge on any atom is -0.481 e. The second-order valence-corrected chi connectivity index (χ2v) is 16.2. The second-order valence-electron chi connectivity index (χ2n) is 15.5. The third-order valence-corrected chi connectivity index (χ3v) is 10.9. The van der Waals surface area contributed by atoms with Crippen molar-refractivity contribution >= 4 is 51.9 Å². The normalized spacial score (nSPS) is 16.1. The SMILES string of the molecule is COc1nc(-c2cccc(-c3cccc(-c4cc5ncc(CN6CC(C(C)=O)C6)cc5cn4)c3Cl)c2Cl)ccc1CN(C[C@@H]1CCC(=O)N1)C(=O)OC(C)(C)C. The third kappa shape index (κ3) is 8.65. The van der Waals surface area contributed by atoms with Crippen molar-refractivity contribution in [2.45, 2.75) is 65.3 Å². The summed E-state index contributed by atoms with van der Waals surface area (Å²) in [6.45, 7) is 9.85. The van der Waals surface area contributed by atoms with Gasteiger partial charge in [-0.1, -0.05) is 59.6 Å². The highest BCUT2D eigenvalue weighted by atomic mass is 35.5. The van der Waals surface area contributed by atoms with Gasteiger partial charge in [-0.05, 0) is 63.9 Å². The van der Waals surface area contributed by atoms with Gasteiger partial charge in [0.2, 0.25) is 11.8 Å². The fourth-order valence-corrected chi connectivity index (χ4v) is 7.77. The van der Waals surface area contributed by atoms with Crippen molar-refractivity contribution in [3.8, 4) is 39.5 Å². The van der Waals surface area contributed by atoms with Crippen LogP contribution in [0.3, 0.4) is 0 Å². The first-order chi connectivity index (χ1) is 26.8. The summed E-state index contributed by atoms with van der Waals surface area (Å²) < 4.78 is 11.4. The topological polar surface area (TPSA) is 127 Å². The van der Waals surface area contributed by atoms with Gasteiger partial charge in [0.1, 0.15) is 11.4 Å². The van der Waals surface area contributed by atoms with E-state index in [2.05, 4.69) is 16.3 Å². The van der Waals surface area contributed by atoms with Crippen LogP contribution in [0.5, 0.6) is 5.88 Å². The van der Waals surface area contributed by atoms with Crippen molar-refractivity contribution < 1.29 is 23.9 Å². The quantitative estimate of drug-likeness (QED) is 0.140. The molecule has 11 nitrogen and oxygen atoms in total. The first-order valence-corrected chi connectivity index (χ1v) is 19.4. The zero-order chi connectivity index (χ0) is 39.7. The molecule has 3 aromatic heterocycles. The molecule has 2 saturated heterocycles. The predicted molar refractivity (Wildman–Crippen MR) is 217 cm³/mol. The van der Waals surface area contributed by atoms with E-state index in [1.165, 1.54) is 7.11 Å². The van der Waals surface area contributed by atoms with E-state index in [-0.39, 0.29) is 36.7 Å². The van der Waals surface area contributed by atoms with E-state index in [1.54, 1.807) is 11.8 Å². The van der Waals surface area contributed by atoms with Crippen LogP contribution in [0.2, 0.25) is 10.0 Å². The number of carbonyl (C=O) groups is 3. The highest BCUT2D eigenvalue weighted by Gasteiger charge is 2.31. The fraction of sp³-hybridized carbons (Fsp3) is 0.349. The number of likely N-dealkylation sites (tertiary alicyclic amines) is 1. The molecule has 1 N–H and O–H groups in total. The van der Waals surface area contributed by atoms with E-state index in [1.807, 2.05) is 87.8 Å². The Labute approximate surface area is 336 Å². The second kappa shape index (κ2) is 16.2. The molecule has 13 heteroatoms. The molecule has 56 heavy (non-hydrogen) atoms. The van der Waals surface area contributed by atoms with Gasteiger partial charge in [0, 0.05) is 90.2 Å². The molecule has 2 aliphatic rings. The highest BCUT2D eigenvalue weighted by molar-refractivity contribution is 6.39. The largest absolute Gasteiger partial charge is 0.481 e. The summed E-state index contributed by atoms with van der Waals surface area (Å²) in [5.74, 6) is 0.675. The molecule has 7 rings (SSSR count). The number of halogens is 2. The molecule has 0 spiro atoms. The Hall–Kier alpha value is -5.10. The number of hydrogen-bond donors (Lipinski definition) is 1. The maximum Gasteiger partial charge on any atom is 0.410 e. The van der Waals surface area contributed by atoms with Gasteiger partial charge in [0.15, 0.2) is 0 Å². The number of benzene rings is 2. The van der Waals surface area contributed by atoms with Gasteiger partial charge in [-0.2, -0.15) is 0 Å². The summed E-state index contributed by atoms with van der Waals surface area (Å²) in [5.41, 5.74) is 5.96. The number of Topliss-reactive ketones (excluding diaryl/α,β-unsaturated/α-hetero) is 1. The van der Waals surface area contributed by atoms with Gasteiger partial charge < -0.3 is 19.7 Å². The molecule has 0 saturated carbocycles. The first-order valence-electron chi connectivity index (χ1n) is 18.6. The minimum atomic E-state index is -0.698. The van der Waals surface area contributed by atoms with Crippen molar-refractivity contribution in [3.05, 3.63) is 94.2 Å². The Morgan fingerprint density at radius 1 is 0.929 bits per heavy atom. The van der Waals surface area contributed by atoms with Crippen LogP contribution >= 0.6 is 23.2 Å². The number of hydrogen-bond acceptors (Lipinski definition) is 9. The Morgan fingerprint density at radius 3 is 2.23 bits per heavy atom. The van der Waals surface area contributed by atoms with Crippen LogP contribution < -0.4 is 10.1 Å². The Morgan fingerprint density at radius 2 is 1.61 bits per heavy atom. The Bertz CT molecular complexity index is 2320. The molecule has 0 radical (unpaired) electrons. The zero-order valence-corrected chi connectivity index (χ0v) is 33.6. The van der Waals surface area contributed by atoms with E-state index in [0.29, 0.717) is 51.3 Å². The maximum atomic E-state index is 13.3. The molecule has 1 atom stereocenters. The summed E-state index contributed by atoms with van der Waals surface area (Å²) >= 11 is 14.3. The van der Waals surface area contributed by atoms with E-state index < -0.39 is 11.7 Å². The number of fused-ring (bicyclic) bond motifs is 1. The predicted octanol–water partition coefficient (Wildman–Crippen LogP) is 8.38. The summed E-state index contributed by atoms with van der Waals surface area (Å²) in [6.07, 6.45) is 4.25. The van der Waals surface area contributed by atoms with Crippen LogP contribution in [0.25, 0.3) is 44.5 Å². The average Bonchev–Trinajstić information content (AvgIpc) is 3.56. The average molecular weight is 796 g/mol. The molecule has 5 aromatic rings. The smallest absolute Gasteiger partial charge is 0.410 e. The number of ether oxygens (including phenoxy) is 2. The summed E-state index contributed by atoms with van der Waals surface area (Å²) in [6, 6.07) is 19.0. The monoisotopic (exact) mass is 794 g/mol. The summed E-state index contributed by atoms with van der Waals surface area (Å²) in [5, 5.41) is 4.81. The van der Waals surface area contributed by atoms with Gasteiger partial charge in [-0.15, -0.1) is 0 Å². The first kappa shape index (κ1) is 39.1. The van der Waals surface area contributed by atoms with Crippen LogP contribution in [0.1, 0.15) is 51.7 Å². The molecule has 290 valence electrons. The van der Waals surface area contributed by atoms with Gasteiger partial charge in [0.25, 0.3) is 0 Å². The van der Waals surface area contributed by atoms with Crippen molar-refractivity contribution in [2.75, 3.05) is 26.7 Å². The van der Waals surface area contributed by atoms with E-state index >= 15 is 0 Å². The number of ketones is 1. The molecular weight excluding hydrogens is 751 g/mol. The summed E-state index contributed by atoms with van der Waals surface area (Å²) in [7, 11) is 1.53. The Kier molecular flexibility index (Phi) is 11.3. The van der Waals surface area contributed by atoms with Crippen molar-refractivity contribution in [2.24, 2.45) is 5.92 Å². The molecule has 0 unspecified atom stereocenters. The van der Waals surface area contributed by atoms with Gasteiger partial charge in [0.05, 0.1) is 40.6 Å². The fourth-order valence-electron chi connectivity index (χ4n) is 7.12. The maximum absolute atomic E-state index is 13.3. The lowest BCUT2D eigenvalue weighted by Crippen LogP contribution is -2.48. The Balaban J connectivity index is 1.13.